The van der Waals surface area contributed by atoms with Crippen molar-refractivity contribution in [1.82, 2.24) is 9.29 Å². The van der Waals surface area contributed by atoms with E-state index in [2.05, 4.69) is 10.3 Å². The lowest BCUT2D eigenvalue weighted by Gasteiger charge is -2.25. The topological polar surface area (TPSA) is 96.4 Å². The Morgan fingerprint density at radius 3 is 2.53 bits per heavy atom. The first-order valence-corrected chi connectivity index (χ1v) is 8.96. The zero-order valence-electron chi connectivity index (χ0n) is 10.4. The van der Waals surface area contributed by atoms with Gasteiger partial charge in [-0.2, -0.15) is 4.31 Å². The Morgan fingerprint density at radius 1 is 1.32 bits per heavy atom. The van der Waals surface area contributed by atoms with Gasteiger partial charge in [0.15, 0.2) is 9.84 Å². The lowest BCUT2D eigenvalue weighted by Crippen LogP contribution is -2.43. The van der Waals surface area contributed by atoms with Gasteiger partial charge < -0.3 is 5.32 Å². The van der Waals surface area contributed by atoms with Gasteiger partial charge in [0.2, 0.25) is 10.0 Å². The molecule has 106 valence electrons. The van der Waals surface area contributed by atoms with Crippen molar-refractivity contribution in [2.45, 2.75) is 4.90 Å². The van der Waals surface area contributed by atoms with Crippen molar-refractivity contribution in [3.63, 3.8) is 0 Å². The van der Waals surface area contributed by atoms with Crippen molar-refractivity contribution in [3.05, 3.63) is 18.3 Å². The van der Waals surface area contributed by atoms with Crippen LogP contribution in [0.25, 0.3) is 0 Å². The minimum atomic E-state index is -3.66. The summed E-state index contributed by atoms with van der Waals surface area (Å²) in [5, 5.41) is 2.77. The Bertz CT molecular complexity index is 656. The van der Waals surface area contributed by atoms with Gasteiger partial charge in [-0.3, -0.25) is 0 Å². The molecule has 0 bridgehead atoms. The van der Waals surface area contributed by atoms with Crippen LogP contribution < -0.4 is 5.32 Å². The van der Waals surface area contributed by atoms with Crippen LogP contribution in [0.5, 0.6) is 0 Å². The van der Waals surface area contributed by atoms with Gasteiger partial charge in [-0.05, 0) is 6.07 Å². The van der Waals surface area contributed by atoms with Gasteiger partial charge in [-0.1, -0.05) is 0 Å². The zero-order chi connectivity index (χ0) is 14.1. The third-order valence-corrected chi connectivity index (χ3v) is 6.43. The van der Waals surface area contributed by atoms with Crippen molar-refractivity contribution in [3.8, 4) is 0 Å². The highest BCUT2D eigenvalue weighted by Crippen LogP contribution is 2.19. The van der Waals surface area contributed by atoms with Gasteiger partial charge in [0.1, 0.15) is 5.82 Å². The number of nitrogens with zero attached hydrogens (tertiary/aromatic N) is 2. The number of hydrogen-bond donors (Lipinski definition) is 1. The van der Waals surface area contributed by atoms with E-state index in [1.54, 1.807) is 7.05 Å². The monoisotopic (exact) mass is 305 g/mol. The summed E-state index contributed by atoms with van der Waals surface area (Å²) in [4.78, 5) is 4.07. The molecule has 19 heavy (non-hydrogen) atoms. The highest BCUT2D eigenvalue weighted by atomic mass is 32.2. The Balaban J connectivity index is 2.28. The fourth-order valence-corrected chi connectivity index (χ4v) is 4.68. The number of aromatic nitrogens is 1. The maximum atomic E-state index is 12.3. The van der Waals surface area contributed by atoms with E-state index in [1.807, 2.05) is 0 Å². The number of rotatable bonds is 3. The fourth-order valence-electron chi connectivity index (χ4n) is 1.79. The highest BCUT2D eigenvalue weighted by Gasteiger charge is 2.31. The molecule has 0 unspecified atom stereocenters. The molecule has 1 aromatic rings. The molecule has 1 saturated heterocycles. The molecule has 0 amide bonds. The van der Waals surface area contributed by atoms with E-state index >= 15 is 0 Å². The molecule has 7 nitrogen and oxygen atoms in total. The molecule has 2 heterocycles. The van der Waals surface area contributed by atoms with Gasteiger partial charge in [0.25, 0.3) is 0 Å². The largest absolute Gasteiger partial charge is 0.373 e. The van der Waals surface area contributed by atoms with E-state index in [0.717, 1.165) is 0 Å². The van der Waals surface area contributed by atoms with E-state index in [0.29, 0.717) is 5.82 Å². The Morgan fingerprint density at radius 2 is 1.95 bits per heavy atom. The molecule has 0 spiro atoms. The van der Waals surface area contributed by atoms with Gasteiger partial charge in [0.05, 0.1) is 16.4 Å². The molecule has 1 aliphatic heterocycles. The first-order valence-electron chi connectivity index (χ1n) is 5.69. The molecule has 1 aliphatic rings. The third-order valence-electron chi connectivity index (χ3n) is 2.93. The number of hydrogen-bond acceptors (Lipinski definition) is 6. The van der Waals surface area contributed by atoms with Crippen LogP contribution in [-0.4, -0.2) is 57.8 Å². The molecule has 1 fully saturated rings. The van der Waals surface area contributed by atoms with Crippen molar-refractivity contribution >= 4 is 25.7 Å². The summed E-state index contributed by atoms with van der Waals surface area (Å²) in [5.74, 6) is 0.192. The highest BCUT2D eigenvalue weighted by molar-refractivity contribution is 7.92. The second-order valence-electron chi connectivity index (χ2n) is 4.18. The minimum absolute atomic E-state index is 0.00186. The molecular formula is C10H15N3O4S2. The Kier molecular flexibility index (Phi) is 3.79. The summed E-state index contributed by atoms with van der Waals surface area (Å²) in [7, 11) is -5.11. The molecular weight excluding hydrogens is 290 g/mol. The van der Waals surface area contributed by atoms with Crippen molar-refractivity contribution in [2.24, 2.45) is 0 Å². The molecule has 1 N–H and O–H groups in total. The van der Waals surface area contributed by atoms with Crippen LogP contribution in [0.3, 0.4) is 0 Å². The summed E-state index contributed by atoms with van der Waals surface area (Å²) in [6.07, 6.45) is 1.40. The minimum Gasteiger partial charge on any atom is -0.373 e. The molecule has 0 radical (unpaired) electrons. The second-order valence-corrected chi connectivity index (χ2v) is 8.42. The average molecular weight is 305 g/mol. The van der Waals surface area contributed by atoms with E-state index in [-0.39, 0.29) is 29.5 Å². The molecule has 2 rings (SSSR count). The maximum Gasteiger partial charge on any atom is 0.243 e. The summed E-state index contributed by atoms with van der Waals surface area (Å²) in [6, 6.07) is 2.83. The number of sulfone groups is 1. The van der Waals surface area contributed by atoms with Crippen LogP contribution in [0.1, 0.15) is 0 Å². The molecule has 1 aromatic heterocycles. The number of sulfonamides is 1. The van der Waals surface area contributed by atoms with Crippen LogP contribution in [0.2, 0.25) is 0 Å². The smallest absolute Gasteiger partial charge is 0.243 e. The molecule has 0 aliphatic carbocycles. The second kappa shape index (κ2) is 5.06. The van der Waals surface area contributed by atoms with E-state index in [4.69, 9.17) is 0 Å². The molecule has 0 atom stereocenters. The summed E-state index contributed by atoms with van der Waals surface area (Å²) >= 11 is 0. The summed E-state index contributed by atoms with van der Waals surface area (Å²) in [5.41, 5.74) is 0. The number of pyridine rings is 1. The van der Waals surface area contributed by atoms with Crippen molar-refractivity contribution < 1.29 is 16.8 Å². The lowest BCUT2D eigenvalue weighted by atomic mass is 10.5. The van der Waals surface area contributed by atoms with Gasteiger partial charge in [-0.15, -0.1) is 0 Å². The van der Waals surface area contributed by atoms with Crippen LogP contribution in [0, 0.1) is 0 Å². The summed E-state index contributed by atoms with van der Waals surface area (Å²) in [6.45, 7) is 0.00372. The standard InChI is InChI=1S/C10H15N3O4S2/c1-11-10-8-9(2-3-12-10)19(16,17)13-4-6-18(14,15)7-5-13/h2-3,8H,4-7H2,1H3,(H,11,12). The Hall–Kier alpha value is -1.19. The average Bonchev–Trinajstić information content (AvgIpc) is 2.38. The van der Waals surface area contributed by atoms with Crippen molar-refractivity contribution in [1.29, 1.82) is 0 Å². The van der Waals surface area contributed by atoms with Crippen molar-refractivity contribution in [2.75, 3.05) is 37.0 Å². The fraction of sp³-hybridized carbons (Fsp3) is 0.500. The van der Waals surface area contributed by atoms with E-state index < -0.39 is 19.9 Å². The van der Waals surface area contributed by atoms with Crippen LogP contribution >= 0.6 is 0 Å². The zero-order valence-corrected chi connectivity index (χ0v) is 12.0. The normalized spacial score (nSPS) is 20.1. The van der Waals surface area contributed by atoms with Crippen LogP contribution in [0.15, 0.2) is 23.2 Å². The lowest BCUT2D eigenvalue weighted by molar-refractivity contribution is 0.430. The molecule has 0 aromatic carbocycles. The molecule has 9 heteroatoms. The van der Waals surface area contributed by atoms with Gasteiger partial charge in [-0.25, -0.2) is 21.8 Å². The SMILES string of the molecule is CNc1cc(S(=O)(=O)N2CCS(=O)(=O)CC2)ccn1. The quantitative estimate of drug-likeness (QED) is 0.812. The van der Waals surface area contributed by atoms with Crippen LogP contribution in [-0.2, 0) is 19.9 Å². The molecule has 0 saturated carbocycles. The van der Waals surface area contributed by atoms with Gasteiger partial charge in [0, 0.05) is 32.4 Å². The maximum absolute atomic E-state index is 12.3. The number of nitrogens with one attached hydrogen (secondary N) is 1. The van der Waals surface area contributed by atoms with E-state index in [9.17, 15) is 16.8 Å². The van der Waals surface area contributed by atoms with Crippen LogP contribution in [0.4, 0.5) is 5.82 Å². The summed E-state index contributed by atoms with van der Waals surface area (Å²) < 4.78 is 48.5. The first kappa shape index (κ1) is 14.2. The third kappa shape index (κ3) is 3.04. The van der Waals surface area contributed by atoms with Gasteiger partial charge >= 0.3 is 0 Å². The Labute approximate surface area is 112 Å². The van der Waals surface area contributed by atoms with E-state index in [1.165, 1.54) is 22.6 Å². The number of anilines is 1. The predicted octanol–water partition coefficient (Wildman–Crippen LogP) is -0.458. The first-order chi connectivity index (χ1) is 8.85. The predicted molar refractivity (Wildman–Crippen MR) is 71.2 cm³/mol.